The van der Waals surface area contributed by atoms with Gasteiger partial charge >= 0.3 is 0 Å². The van der Waals surface area contributed by atoms with E-state index in [0.29, 0.717) is 6.54 Å². The lowest BCUT2D eigenvalue weighted by Gasteiger charge is -2.15. The number of thiazole rings is 1. The lowest BCUT2D eigenvalue weighted by atomic mass is 10.3. The van der Waals surface area contributed by atoms with Crippen LogP contribution in [0.2, 0.25) is 5.02 Å². The summed E-state index contributed by atoms with van der Waals surface area (Å²) in [5, 5.41) is 5.48. The number of nitrogens with zero attached hydrogens (tertiary/aromatic N) is 1. The van der Waals surface area contributed by atoms with Crippen LogP contribution >= 0.6 is 22.9 Å². The van der Waals surface area contributed by atoms with Gasteiger partial charge in [0.2, 0.25) is 0 Å². The Labute approximate surface area is 124 Å². The van der Waals surface area contributed by atoms with Crippen molar-refractivity contribution in [1.82, 2.24) is 10.3 Å². The van der Waals surface area contributed by atoms with E-state index in [1.54, 1.807) is 13.1 Å². The van der Waals surface area contributed by atoms with Crippen molar-refractivity contribution in [2.75, 3.05) is 0 Å². The molecule has 1 aromatic carbocycles. The van der Waals surface area contributed by atoms with Gasteiger partial charge in [-0.2, -0.15) is 0 Å². The molecule has 1 amide bonds. The molecule has 0 fully saturated rings. The quantitative estimate of drug-likeness (QED) is 0.923. The Bertz CT molecular complexity index is 592. The van der Waals surface area contributed by atoms with Gasteiger partial charge in [-0.05, 0) is 25.1 Å². The summed E-state index contributed by atoms with van der Waals surface area (Å²) in [7, 11) is 0. The van der Waals surface area contributed by atoms with E-state index in [2.05, 4.69) is 10.3 Å². The van der Waals surface area contributed by atoms with E-state index in [1.807, 2.05) is 5.38 Å². The predicted molar refractivity (Wildman–Crippen MR) is 75.5 cm³/mol. The number of benzene rings is 1. The minimum atomic E-state index is -0.738. The fourth-order valence-corrected chi connectivity index (χ4v) is 2.23. The first-order valence-electron chi connectivity index (χ1n) is 5.84. The second-order valence-corrected chi connectivity index (χ2v) is 5.36. The number of rotatable bonds is 5. The molecule has 0 aliphatic heterocycles. The van der Waals surface area contributed by atoms with Crippen molar-refractivity contribution in [2.24, 2.45) is 0 Å². The van der Waals surface area contributed by atoms with Crippen LogP contribution in [0.5, 0.6) is 5.75 Å². The molecule has 0 bridgehead atoms. The molecule has 1 atom stereocenters. The molecule has 1 N–H and O–H groups in total. The fraction of sp³-hybridized carbons (Fsp3) is 0.231. The minimum absolute atomic E-state index is 0.129. The van der Waals surface area contributed by atoms with Crippen LogP contribution in [0.3, 0.4) is 0 Å². The summed E-state index contributed by atoms with van der Waals surface area (Å²) >= 11 is 7.29. The number of halogens is 2. The van der Waals surface area contributed by atoms with Crippen LogP contribution in [0.25, 0.3) is 0 Å². The fourth-order valence-electron chi connectivity index (χ4n) is 1.46. The second-order valence-electron chi connectivity index (χ2n) is 3.98. The summed E-state index contributed by atoms with van der Waals surface area (Å²) < 4.78 is 18.3. The van der Waals surface area contributed by atoms with Gasteiger partial charge in [-0.1, -0.05) is 11.6 Å². The first kappa shape index (κ1) is 14.7. The topological polar surface area (TPSA) is 51.2 Å². The van der Waals surface area contributed by atoms with Crippen molar-refractivity contribution in [3.8, 4) is 5.75 Å². The maximum Gasteiger partial charge on any atom is 0.261 e. The summed E-state index contributed by atoms with van der Waals surface area (Å²) in [6.45, 7) is 1.94. The molecule has 7 heteroatoms. The van der Waals surface area contributed by atoms with Crippen LogP contribution in [-0.4, -0.2) is 17.0 Å². The first-order valence-corrected chi connectivity index (χ1v) is 7.10. The predicted octanol–water partition coefficient (Wildman–Crippen LogP) is 3.02. The SMILES string of the molecule is C[C@H](Oc1ccc(F)cc1Cl)C(=O)NCc1nccs1. The van der Waals surface area contributed by atoms with Crippen molar-refractivity contribution in [2.45, 2.75) is 19.6 Å². The highest BCUT2D eigenvalue weighted by Gasteiger charge is 2.16. The van der Waals surface area contributed by atoms with Crippen molar-refractivity contribution in [1.29, 1.82) is 0 Å². The number of ether oxygens (including phenoxy) is 1. The zero-order valence-corrected chi connectivity index (χ0v) is 12.2. The van der Waals surface area contributed by atoms with Crippen molar-refractivity contribution < 1.29 is 13.9 Å². The monoisotopic (exact) mass is 314 g/mol. The molecule has 4 nitrogen and oxygen atoms in total. The zero-order valence-electron chi connectivity index (χ0n) is 10.6. The van der Waals surface area contributed by atoms with Crippen LogP contribution in [0.15, 0.2) is 29.8 Å². The van der Waals surface area contributed by atoms with E-state index in [9.17, 15) is 9.18 Å². The normalized spacial score (nSPS) is 11.9. The summed E-state index contributed by atoms with van der Waals surface area (Å²) in [6.07, 6.45) is 0.933. The molecule has 2 aromatic rings. The highest BCUT2D eigenvalue weighted by molar-refractivity contribution is 7.09. The molecule has 0 spiro atoms. The molecule has 0 radical (unpaired) electrons. The van der Waals surface area contributed by atoms with Gasteiger partial charge in [0, 0.05) is 11.6 Å². The van der Waals surface area contributed by atoms with Crippen molar-refractivity contribution in [3.05, 3.63) is 45.6 Å². The van der Waals surface area contributed by atoms with Gasteiger partial charge in [-0.3, -0.25) is 4.79 Å². The Morgan fingerprint density at radius 1 is 1.60 bits per heavy atom. The third kappa shape index (κ3) is 3.91. The number of nitrogens with one attached hydrogen (secondary N) is 1. The maximum absolute atomic E-state index is 12.9. The lowest BCUT2D eigenvalue weighted by Crippen LogP contribution is -2.35. The number of carbonyl (C=O) groups is 1. The number of aromatic nitrogens is 1. The van der Waals surface area contributed by atoms with Crippen LogP contribution < -0.4 is 10.1 Å². The van der Waals surface area contributed by atoms with Gasteiger partial charge in [-0.15, -0.1) is 11.3 Å². The van der Waals surface area contributed by atoms with E-state index in [1.165, 1.54) is 23.5 Å². The molecule has 0 saturated carbocycles. The van der Waals surface area contributed by atoms with Gasteiger partial charge in [0.15, 0.2) is 6.10 Å². The van der Waals surface area contributed by atoms with Gasteiger partial charge in [0.05, 0.1) is 11.6 Å². The summed E-state index contributed by atoms with van der Waals surface area (Å²) in [4.78, 5) is 15.9. The Kier molecular flexibility index (Phi) is 4.92. The van der Waals surface area contributed by atoms with Crippen LogP contribution in [-0.2, 0) is 11.3 Å². The number of carbonyl (C=O) groups excluding carboxylic acids is 1. The Morgan fingerprint density at radius 3 is 3.05 bits per heavy atom. The van der Waals surface area contributed by atoms with Crippen molar-refractivity contribution in [3.63, 3.8) is 0 Å². The number of hydrogen-bond donors (Lipinski definition) is 1. The average Bonchev–Trinajstić information content (AvgIpc) is 2.92. The molecular formula is C13H12ClFN2O2S. The zero-order chi connectivity index (χ0) is 14.5. The average molecular weight is 315 g/mol. The highest BCUT2D eigenvalue weighted by Crippen LogP contribution is 2.25. The van der Waals surface area contributed by atoms with Gasteiger partial charge in [-0.25, -0.2) is 9.37 Å². The van der Waals surface area contributed by atoms with Gasteiger partial charge < -0.3 is 10.1 Å². The van der Waals surface area contributed by atoms with Crippen LogP contribution in [0.4, 0.5) is 4.39 Å². The Morgan fingerprint density at radius 2 is 2.40 bits per heavy atom. The van der Waals surface area contributed by atoms with E-state index in [4.69, 9.17) is 16.3 Å². The largest absolute Gasteiger partial charge is 0.479 e. The molecule has 106 valence electrons. The molecule has 0 unspecified atom stereocenters. The van der Waals surface area contributed by atoms with Crippen molar-refractivity contribution >= 4 is 28.8 Å². The molecule has 1 aromatic heterocycles. The summed E-state index contributed by atoms with van der Waals surface area (Å²) in [5.74, 6) is -0.478. The summed E-state index contributed by atoms with van der Waals surface area (Å²) in [5.41, 5.74) is 0. The van der Waals surface area contributed by atoms with E-state index in [0.717, 1.165) is 11.1 Å². The third-order valence-corrected chi connectivity index (χ3v) is 3.54. The molecule has 2 rings (SSSR count). The molecule has 0 aliphatic carbocycles. The van der Waals surface area contributed by atoms with Gasteiger partial charge in [0.1, 0.15) is 16.6 Å². The first-order chi connectivity index (χ1) is 9.56. The van der Waals surface area contributed by atoms with E-state index in [-0.39, 0.29) is 16.7 Å². The lowest BCUT2D eigenvalue weighted by molar-refractivity contribution is -0.127. The molecule has 0 aliphatic rings. The van der Waals surface area contributed by atoms with Crippen LogP contribution in [0, 0.1) is 5.82 Å². The molecular weight excluding hydrogens is 303 g/mol. The third-order valence-electron chi connectivity index (χ3n) is 2.46. The smallest absolute Gasteiger partial charge is 0.261 e. The highest BCUT2D eigenvalue weighted by atomic mass is 35.5. The minimum Gasteiger partial charge on any atom is -0.479 e. The molecule has 20 heavy (non-hydrogen) atoms. The summed E-state index contributed by atoms with van der Waals surface area (Å²) in [6, 6.07) is 3.75. The number of hydrogen-bond acceptors (Lipinski definition) is 4. The van der Waals surface area contributed by atoms with Crippen LogP contribution in [0.1, 0.15) is 11.9 Å². The number of amides is 1. The van der Waals surface area contributed by atoms with Gasteiger partial charge in [0.25, 0.3) is 5.91 Å². The maximum atomic E-state index is 12.9. The van der Waals surface area contributed by atoms with E-state index >= 15 is 0 Å². The van der Waals surface area contributed by atoms with E-state index < -0.39 is 11.9 Å². The second kappa shape index (κ2) is 6.67. The molecule has 0 saturated heterocycles. The standard InChI is InChI=1S/C13H12ClFN2O2S/c1-8(13(18)17-7-12-16-4-5-20-12)19-11-3-2-9(15)6-10(11)14/h2-6,8H,7H2,1H3,(H,17,18)/t8-/m0/s1. The Balaban J connectivity index is 1.90. The molecule has 1 heterocycles. The Hall–Kier alpha value is -1.66.